The van der Waals surface area contributed by atoms with Gasteiger partial charge in [0.2, 0.25) is 11.8 Å². The second-order valence-electron chi connectivity index (χ2n) is 11.6. The molecule has 1 N–H and O–H groups in total. The number of benzene rings is 4. The minimum atomic E-state index is -0.910. The van der Waals surface area contributed by atoms with Crippen molar-refractivity contribution in [3.8, 4) is 18.1 Å². The number of terminal acetylenes is 1. The number of urea groups is 1. The number of carbonyl (C=O) groups excluding carboxylic acids is 3. The van der Waals surface area contributed by atoms with Gasteiger partial charge in [0, 0.05) is 31.6 Å². The Morgan fingerprint density at radius 2 is 1.73 bits per heavy atom. The maximum Gasteiger partial charge on any atom is 0.333 e. The number of amides is 4. The third kappa shape index (κ3) is 6.49. The topological polar surface area (TPSA) is 129 Å². The summed E-state index contributed by atoms with van der Waals surface area (Å²) in [6, 6.07) is 25.7. The van der Waals surface area contributed by atoms with Crippen LogP contribution < -0.4 is 10.1 Å². The van der Waals surface area contributed by atoms with Crippen molar-refractivity contribution in [2.75, 3.05) is 26.7 Å². The number of hydrogen-bond donors (Lipinski definition) is 1. The number of nitrogens with zero attached hydrogens (tertiary/aromatic N) is 5. The smallest absolute Gasteiger partial charge is 0.333 e. The summed E-state index contributed by atoms with van der Waals surface area (Å²) in [5.74, 6) is 2.65. The van der Waals surface area contributed by atoms with Gasteiger partial charge in [-0.05, 0) is 39.6 Å². The van der Waals surface area contributed by atoms with E-state index in [4.69, 9.17) is 11.2 Å². The molecule has 2 saturated heterocycles. The number of ether oxygens (including phenoxy) is 1. The maximum atomic E-state index is 14.2. The van der Waals surface area contributed by atoms with Crippen LogP contribution in [0.5, 0.6) is 5.75 Å². The van der Waals surface area contributed by atoms with Gasteiger partial charge in [-0.15, -0.1) is 6.42 Å². The molecule has 0 saturated carbocycles. The van der Waals surface area contributed by atoms with E-state index in [1.54, 1.807) is 41.3 Å². The third-order valence-corrected chi connectivity index (χ3v) is 8.77. The Morgan fingerprint density at radius 1 is 1.02 bits per heavy atom. The van der Waals surface area contributed by atoms with Crippen molar-refractivity contribution in [3.63, 3.8) is 0 Å². The van der Waals surface area contributed by atoms with Crippen LogP contribution in [0.2, 0.25) is 0 Å². The predicted molar refractivity (Wildman–Crippen MR) is 178 cm³/mol. The number of piperazine rings is 1. The molecule has 0 aromatic heterocycles. The summed E-state index contributed by atoms with van der Waals surface area (Å²) in [6.45, 7) is 0.374. The highest BCUT2D eigenvalue weighted by Crippen LogP contribution is 2.31. The van der Waals surface area contributed by atoms with E-state index in [1.807, 2.05) is 54.6 Å². The zero-order valence-electron chi connectivity index (χ0n) is 26.3. The normalized spacial score (nSPS) is 17.6. The number of nitro groups is 1. The summed E-state index contributed by atoms with van der Waals surface area (Å²) in [5, 5.41) is 19.2. The molecule has 12 nitrogen and oxygen atoms in total. The van der Waals surface area contributed by atoms with Crippen LogP contribution in [0.1, 0.15) is 16.7 Å². The Balaban J connectivity index is 1.30. The highest BCUT2D eigenvalue weighted by atomic mass is 16.6. The maximum absolute atomic E-state index is 14.2. The Labute approximate surface area is 277 Å². The molecule has 0 bridgehead atoms. The molecule has 244 valence electrons. The number of hydrogen-bond acceptors (Lipinski definition) is 7. The van der Waals surface area contributed by atoms with Gasteiger partial charge in [-0.3, -0.25) is 19.7 Å². The molecule has 2 heterocycles. The van der Waals surface area contributed by atoms with E-state index in [9.17, 15) is 24.5 Å². The van der Waals surface area contributed by atoms with Crippen LogP contribution in [0.15, 0.2) is 91.0 Å². The molecule has 2 atom stereocenters. The Hall–Kier alpha value is -5.93. The van der Waals surface area contributed by atoms with Gasteiger partial charge in [0.15, 0.2) is 0 Å². The first-order chi connectivity index (χ1) is 23.3. The van der Waals surface area contributed by atoms with Crippen LogP contribution >= 0.6 is 0 Å². The van der Waals surface area contributed by atoms with Gasteiger partial charge in [0.25, 0.3) is 5.69 Å². The second kappa shape index (κ2) is 13.8. The quantitative estimate of drug-likeness (QED) is 0.157. The van der Waals surface area contributed by atoms with Gasteiger partial charge in [-0.1, -0.05) is 72.7 Å². The molecule has 2 aliphatic rings. The third-order valence-electron chi connectivity index (χ3n) is 8.77. The molecule has 4 aromatic carbocycles. The van der Waals surface area contributed by atoms with E-state index < -0.39 is 23.2 Å². The van der Waals surface area contributed by atoms with Crippen molar-refractivity contribution in [3.05, 3.63) is 118 Å². The van der Waals surface area contributed by atoms with Gasteiger partial charge < -0.3 is 19.9 Å². The summed E-state index contributed by atoms with van der Waals surface area (Å²) in [4.78, 5) is 55.6. The van der Waals surface area contributed by atoms with E-state index in [0.717, 1.165) is 21.9 Å². The molecule has 4 aromatic rings. The summed E-state index contributed by atoms with van der Waals surface area (Å²) < 4.78 is 5.21. The number of carbonyl (C=O) groups is 3. The summed E-state index contributed by atoms with van der Waals surface area (Å²) in [5.41, 5.74) is 2.38. The van der Waals surface area contributed by atoms with Crippen LogP contribution in [0.3, 0.4) is 0 Å². The van der Waals surface area contributed by atoms with Crippen molar-refractivity contribution in [1.29, 1.82) is 0 Å². The molecule has 48 heavy (non-hydrogen) atoms. The van der Waals surface area contributed by atoms with Crippen molar-refractivity contribution >= 4 is 34.3 Å². The number of methoxy groups -OCH3 is 1. The van der Waals surface area contributed by atoms with Crippen LogP contribution in [0.25, 0.3) is 10.8 Å². The summed E-state index contributed by atoms with van der Waals surface area (Å²) >= 11 is 0. The fourth-order valence-corrected chi connectivity index (χ4v) is 6.38. The lowest BCUT2D eigenvalue weighted by Gasteiger charge is -2.46. The highest BCUT2D eigenvalue weighted by molar-refractivity contribution is 5.92. The first kappa shape index (κ1) is 32.0. The average molecular weight is 647 g/mol. The summed E-state index contributed by atoms with van der Waals surface area (Å²) in [7, 11) is 1.58. The fraction of sp³-hybridized carbons (Fsp3) is 0.250. The van der Waals surface area contributed by atoms with Crippen molar-refractivity contribution < 1.29 is 24.0 Å². The van der Waals surface area contributed by atoms with Gasteiger partial charge in [-0.2, -0.15) is 5.01 Å². The molecule has 2 fully saturated rings. The largest absolute Gasteiger partial charge is 0.497 e. The molecular formula is C36H34N6O6. The first-order valence-corrected chi connectivity index (χ1v) is 15.5. The Morgan fingerprint density at radius 3 is 2.44 bits per heavy atom. The van der Waals surface area contributed by atoms with Crippen LogP contribution in [0, 0.1) is 22.5 Å². The van der Waals surface area contributed by atoms with Crippen molar-refractivity contribution in [1.82, 2.24) is 25.1 Å². The monoisotopic (exact) mass is 646 g/mol. The predicted octanol–water partition coefficient (Wildman–Crippen LogP) is 3.94. The van der Waals surface area contributed by atoms with E-state index in [-0.39, 0.29) is 56.6 Å². The van der Waals surface area contributed by atoms with Gasteiger partial charge in [-0.25, -0.2) is 9.80 Å². The van der Waals surface area contributed by atoms with E-state index in [2.05, 4.69) is 11.2 Å². The molecule has 6 rings (SSSR count). The zero-order chi connectivity index (χ0) is 33.8. The lowest BCUT2D eigenvalue weighted by molar-refractivity contribution is -0.384. The molecular weight excluding hydrogens is 612 g/mol. The lowest BCUT2D eigenvalue weighted by Crippen LogP contribution is -2.66. The molecule has 0 radical (unpaired) electrons. The molecule has 12 heteroatoms. The van der Waals surface area contributed by atoms with Crippen molar-refractivity contribution in [2.45, 2.75) is 31.7 Å². The highest BCUT2D eigenvalue weighted by Gasteiger charge is 2.52. The molecule has 0 spiro atoms. The minimum absolute atomic E-state index is 0.0711. The molecule has 0 unspecified atom stereocenters. The molecule has 2 aliphatic heterocycles. The van der Waals surface area contributed by atoms with Gasteiger partial charge >= 0.3 is 6.03 Å². The average Bonchev–Trinajstić information content (AvgIpc) is 3.43. The number of rotatable bonds is 10. The Bertz CT molecular complexity index is 1880. The van der Waals surface area contributed by atoms with Crippen LogP contribution in [-0.4, -0.2) is 81.5 Å². The van der Waals surface area contributed by atoms with Crippen LogP contribution in [-0.2, 0) is 29.1 Å². The number of hydrazine groups is 1. The number of non-ortho nitro benzene ring substituents is 1. The zero-order valence-corrected chi connectivity index (χ0v) is 26.3. The fourth-order valence-electron chi connectivity index (χ4n) is 6.38. The number of fused-ring (bicyclic) bond motifs is 2. The minimum Gasteiger partial charge on any atom is -0.497 e. The standard InChI is InChI=1S/C36H34N6O6/c1-3-19-39(36(45)37-21-26-13-17-30(48-2)18-14-26)40-24-34(43)41-32(20-25-11-15-29(16-12-25)42(46)47)35(44)38(23-33(40)41)22-28-9-6-8-27-7-4-5-10-31(27)28/h1,4-18,32-33H,19-24H2,2H3,(H,37,45)/t32-,33+/m0/s1. The SMILES string of the molecule is C#CCN(C(=O)NCc1ccc(OC)cc1)N1CC(=O)N2[C@@H](Cc3ccc([N+](=O)[O-])cc3)C(=O)N(Cc3cccc4ccccc34)C[C@@H]21. The molecule has 0 aliphatic carbocycles. The first-order valence-electron chi connectivity index (χ1n) is 15.5. The summed E-state index contributed by atoms with van der Waals surface area (Å²) in [6.07, 6.45) is 5.17. The lowest BCUT2D eigenvalue weighted by atomic mass is 9.99. The van der Waals surface area contributed by atoms with E-state index in [0.29, 0.717) is 11.3 Å². The van der Waals surface area contributed by atoms with Crippen molar-refractivity contribution in [2.24, 2.45) is 0 Å². The Kier molecular flexibility index (Phi) is 9.22. The van der Waals surface area contributed by atoms with Gasteiger partial charge in [0.1, 0.15) is 18.0 Å². The van der Waals surface area contributed by atoms with Gasteiger partial charge in [0.05, 0.1) is 31.7 Å². The molecule has 4 amide bonds. The van der Waals surface area contributed by atoms with E-state index >= 15 is 0 Å². The number of nitrogens with one attached hydrogen (secondary N) is 1. The second-order valence-corrected chi connectivity index (χ2v) is 11.6. The van der Waals surface area contributed by atoms with E-state index in [1.165, 1.54) is 22.0 Å². The number of nitro benzene ring substituents is 1. The van der Waals surface area contributed by atoms with Crippen LogP contribution in [0.4, 0.5) is 10.5 Å².